The summed E-state index contributed by atoms with van der Waals surface area (Å²) in [6, 6.07) is 11.6. The Labute approximate surface area is 97.3 Å². The number of aryl methyl sites for hydroxylation is 1. The van der Waals surface area contributed by atoms with Crippen LogP contribution in [0.15, 0.2) is 24.3 Å². The molecule has 2 rings (SSSR count). The van der Waals surface area contributed by atoms with Crippen LogP contribution < -0.4 is 5.32 Å². The van der Waals surface area contributed by atoms with E-state index in [0.717, 1.165) is 0 Å². The summed E-state index contributed by atoms with van der Waals surface area (Å²) < 4.78 is 0. The van der Waals surface area contributed by atoms with E-state index >= 15 is 0 Å². The maximum atomic E-state index is 8.67. The Morgan fingerprint density at radius 1 is 1.50 bits per heavy atom. The van der Waals surface area contributed by atoms with Crippen molar-refractivity contribution < 1.29 is 0 Å². The van der Waals surface area contributed by atoms with Crippen molar-refractivity contribution in [3.05, 3.63) is 35.4 Å². The fourth-order valence-electron chi connectivity index (χ4n) is 2.47. The van der Waals surface area contributed by atoms with Gasteiger partial charge in [0.05, 0.1) is 12.5 Å². The Kier molecular flexibility index (Phi) is 3.58. The highest BCUT2D eigenvalue weighted by Crippen LogP contribution is 2.29. The van der Waals surface area contributed by atoms with Crippen LogP contribution in [0, 0.1) is 11.3 Å². The quantitative estimate of drug-likeness (QED) is 0.839. The molecule has 0 aromatic heterocycles. The molecule has 2 heteroatoms. The molecule has 84 valence electrons. The number of rotatable bonds is 3. The van der Waals surface area contributed by atoms with Crippen LogP contribution in [0.3, 0.4) is 0 Å². The third kappa shape index (κ3) is 2.43. The standard InChI is InChI=1S/C14H18N2/c1-11(9-10-15)16-14-8-4-6-12-5-2-3-7-13(12)14/h2-3,5,7,11,14,16H,4,6,8-9H2,1H3. The first-order chi connectivity index (χ1) is 7.81. The normalized spacial score (nSPS) is 20.9. The summed E-state index contributed by atoms with van der Waals surface area (Å²) in [6.45, 7) is 2.08. The van der Waals surface area contributed by atoms with Gasteiger partial charge in [-0.25, -0.2) is 0 Å². The molecule has 0 spiro atoms. The molecule has 0 radical (unpaired) electrons. The van der Waals surface area contributed by atoms with Crippen LogP contribution in [0.2, 0.25) is 0 Å². The van der Waals surface area contributed by atoms with Crippen molar-refractivity contribution >= 4 is 0 Å². The molecule has 1 aliphatic rings. The van der Waals surface area contributed by atoms with Crippen molar-refractivity contribution in [2.24, 2.45) is 0 Å². The molecular formula is C14H18N2. The molecule has 0 saturated heterocycles. The highest BCUT2D eigenvalue weighted by molar-refractivity contribution is 5.32. The third-order valence-corrected chi connectivity index (χ3v) is 3.25. The van der Waals surface area contributed by atoms with Gasteiger partial charge in [-0.15, -0.1) is 0 Å². The Balaban J connectivity index is 2.10. The zero-order valence-corrected chi connectivity index (χ0v) is 9.74. The van der Waals surface area contributed by atoms with E-state index in [1.54, 1.807) is 0 Å². The second-order valence-electron chi connectivity index (χ2n) is 4.57. The SMILES string of the molecule is CC(CC#N)NC1CCCc2ccccc21. The monoisotopic (exact) mass is 214 g/mol. The van der Waals surface area contributed by atoms with E-state index in [2.05, 4.69) is 42.6 Å². The molecule has 0 amide bonds. The minimum Gasteiger partial charge on any atom is -0.306 e. The lowest BCUT2D eigenvalue weighted by Crippen LogP contribution is -2.32. The van der Waals surface area contributed by atoms with Crippen LogP contribution in [0.4, 0.5) is 0 Å². The van der Waals surface area contributed by atoms with Crippen LogP contribution in [0.1, 0.15) is 43.4 Å². The Morgan fingerprint density at radius 2 is 2.31 bits per heavy atom. The van der Waals surface area contributed by atoms with E-state index in [9.17, 15) is 0 Å². The van der Waals surface area contributed by atoms with Gasteiger partial charge in [0, 0.05) is 12.1 Å². The van der Waals surface area contributed by atoms with Gasteiger partial charge < -0.3 is 5.32 Å². The van der Waals surface area contributed by atoms with E-state index in [4.69, 9.17) is 5.26 Å². The number of nitriles is 1. The van der Waals surface area contributed by atoms with Crippen molar-refractivity contribution in [1.29, 1.82) is 5.26 Å². The molecule has 0 aliphatic heterocycles. The first-order valence-electron chi connectivity index (χ1n) is 6.02. The van der Waals surface area contributed by atoms with Crippen LogP contribution in [-0.2, 0) is 6.42 Å². The third-order valence-electron chi connectivity index (χ3n) is 3.25. The van der Waals surface area contributed by atoms with Crippen LogP contribution >= 0.6 is 0 Å². The van der Waals surface area contributed by atoms with Crippen molar-refractivity contribution in [1.82, 2.24) is 5.32 Å². The smallest absolute Gasteiger partial charge is 0.0638 e. The number of benzene rings is 1. The lowest BCUT2D eigenvalue weighted by atomic mass is 9.87. The topological polar surface area (TPSA) is 35.8 Å². The summed E-state index contributed by atoms with van der Waals surface area (Å²) >= 11 is 0. The zero-order chi connectivity index (χ0) is 11.4. The molecule has 0 saturated carbocycles. The molecule has 0 bridgehead atoms. The van der Waals surface area contributed by atoms with Gasteiger partial charge >= 0.3 is 0 Å². The van der Waals surface area contributed by atoms with Gasteiger partial charge in [-0.05, 0) is 37.3 Å². The Bertz CT molecular complexity index is 392. The second kappa shape index (κ2) is 5.14. The molecule has 2 nitrogen and oxygen atoms in total. The van der Waals surface area contributed by atoms with E-state index in [1.807, 2.05) is 0 Å². The molecule has 16 heavy (non-hydrogen) atoms. The number of hydrogen-bond acceptors (Lipinski definition) is 2. The maximum absolute atomic E-state index is 8.67. The molecular weight excluding hydrogens is 196 g/mol. The van der Waals surface area contributed by atoms with E-state index < -0.39 is 0 Å². The van der Waals surface area contributed by atoms with E-state index in [-0.39, 0.29) is 6.04 Å². The minimum atomic E-state index is 0.279. The molecule has 2 atom stereocenters. The van der Waals surface area contributed by atoms with Crippen molar-refractivity contribution in [3.63, 3.8) is 0 Å². The molecule has 1 aliphatic carbocycles. The minimum absolute atomic E-state index is 0.279. The zero-order valence-electron chi connectivity index (χ0n) is 9.74. The largest absolute Gasteiger partial charge is 0.306 e. The molecule has 0 heterocycles. The fraction of sp³-hybridized carbons (Fsp3) is 0.500. The lowest BCUT2D eigenvalue weighted by molar-refractivity contribution is 0.411. The average Bonchev–Trinajstić information content (AvgIpc) is 2.30. The van der Waals surface area contributed by atoms with Gasteiger partial charge in [0.2, 0.25) is 0 Å². The Hall–Kier alpha value is -1.33. The van der Waals surface area contributed by atoms with Crippen LogP contribution in [0.5, 0.6) is 0 Å². The van der Waals surface area contributed by atoms with Gasteiger partial charge in [0.25, 0.3) is 0 Å². The van der Waals surface area contributed by atoms with Crippen LogP contribution in [0.25, 0.3) is 0 Å². The van der Waals surface area contributed by atoms with Gasteiger partial charge in [-0.1, -0.05) is 24.3 Å². The van der Waals surface area contributed by atoms with Crippen molar-refractivity contribution in [2.45, 2.75) is 44.7 Å². The van der Waals surface area contributed by atoms with Gasteiger partial charge in [0.15, 0.2) is 0 Å². The summed E-state index contributed by atoms with van der Waals surface area (Å²) in [5.74, 6) is 0. The first kappa shape index (κ1) is 11.2. The molecule has 0 fully saturated rings. The summed E-state index contributed by atoms with van der Waals surface area (Å²) in [4.78, 5) is 0. The van der Waals surface area contributed by atoms with Crippen molar-refractivity contribution in [2.75, 3.05) is 0 Å². The highest BCUT2D eigenvalue weighted by Gasteiger charge is 2.20. The van der Waals surface area contributed by atoms with Gasteiger partial charge in [-0.2, -0.15) is 5.26 Å². The maximum Gasteiger partial charge on any atom is 0.0638 e. The predicted molar refractivity (Wildman–Crippen MR) is 64.9 cm³/mol. The lowest BCUT2D eigenvalue weighted by Gasteiger charge is -2.28. The summed E-state index contributed by atoms with van der Waals surface area (Å²) in [5.41, 5.74) is 2.90. The molecule has 2 unspecified atom stereocenters. The summed E-state index contributed by atoms with van der Waals surface area (Å²) in [7, 11) is 0. The number of hydrogen-bond donors (Lipinski definition) is 1. The number of fused-ring (bicyclic) bond motifs is 1. The molecule has 1 aromatic rings. The van der Waals surface area contributed by atoms with Crippen molar-refractivity contribution in [3.8, 4) is 6.07 Å². The van der Waals surface area contributed by atoms with E-state index in [0.29, 0.717) is 12.5 Å². The van der Waals surface area contributed by atoms with E-state index in [1.165, 1.54) is 30.4 Å². The van der Waals surface area contributed by atoms with Crippen LogP contribution in [-0.4, -0.2) is 6.04 Å². The van der Waals surface area contributed by atoms with Gasteiger partial charge in [-0.3, -0.25) is 0 Å². The number of nitrogens with one attached hydrogen (secondary N) is 1. The molecule has 1 N–H and O–H groups in total. The van der Waals surface area contributed by atoms with Gasteiger partial charge in [0.1, 0.15) is 0 Å². The molecule has 1 aromatic carbocycles. The fourth-order valence-corrected chi connectivity index (χ4v) is 2.47. The highest BCUT2D eigenvalue weighted by atomic mass is 14.9. The predicted octanol–water partition coefficient (Wildman–Crippen LogP) is 2.96. The average molecular weight is 214 g/mol. The first-order valence-corrected chi connectivity index (χ1v) is 6.02. The Morgan fingerprint density at radius 3 is 3.12 bits per heavy atom. The second-order valence-corrected chi connectivity index (χ2v) is 4.57. The summed E-state index contributed by atoms with van der Waals surface area (Å²) in [5, 5.41) is 12.2. The summed E-state index contributed by atoms with van der Waals surface area (Å²) in [6.07, 6.45) is 4.21. The number of nitrogens with zero attached hydrogens (tertiary/aromatic N) is 1.